The molecule has 2 amide bonds. The summed E-state index contributed by atoms with van der Waals surface area (Å²) in [6.45, 7) is 5.40. The third-order valence-corrected chi connectivity index (χ3v) is 7.07. The van der Waals surface area contributed by atoms with Crippen LogP contribution in [-0.4, -0.2) is 62.2 Å². The third-order valence-electron chi connectivity index (χ3n) is 6.29. The van der Waals surface area contributed by atoms with E-state index in [1.807, 2.05) is 6.07 Å². The predicted octanol–water partition coefficient (Wildman–Crippen LogP) is 5.34. The smallest absolute Gasteiger partial charge is 0.262 e. The molecule has 39 heavy (non-hydrogen) atoms. The lowest BCUT2D eigenvalue weighted by Gasteiger charge is -2.15. The number of fused-ring (bicyclic) bond motifs is 1. The average molecular weight is 596 g/mol. The fourth-order valence-electron chi connectivity index (χ4n) is 4.25. The number of aryl methyl sites for hydroxylation is 1. The molecule has 0 unspecified atom stereocenters. The van der Waals surface area contributed by atoms with Crippen molar-refractivity contribution in [2.45, 2.75) is 39.5 Å². The van der Waals surface area contributed by atoms with Crippen molar-refractivity contribution in [1.29, 1.82) is 10.5 Å². The molecule has 0 atom stereocenters. The maximum atomic E-state index is 12.9. The van der Waals surface area contributed by atoms with Crippen LogP contribution in [0.15, 0.2) is 20.8 Å². The van der Waals surface area contributed by atoms with Gasteiger partial charge in [-0.3, -0.25) is 14.5 Å². The Morgan fingerprint density at radius 2 is 1.74 bits per heavy atom. The molecule has 0 bridgehead atoms. The standard InChI is InChI=1S/C27H30BrN7O4/c1-5-35-26(36)18-13-17(14-29)24(22(28)21(18)27(35)37)34-33-23-16(2)19(15-30)20(9-6-7-11-38-3)32-25(23)31-10-8-12-39-4/h13H,5-12H2,1-4H3,(H,31,32). The van der Waals surface area contributed by atoms with Gasteiger partial charge in [-0.1, -0.05) is 0 Å². The molecule has 0 spiro atoms. The molecule has 1 aromatic heterocycles. The third kappa shape index (κ3) is 6.31. The Morgan fingerprint density at radius 1 is 1.05 bits per heavy atom. The Morgan fingerprint density at radius 3 is 2.38 bits per heavy atom. The topological polar surface area (TPSA) is 153 Å². The second-order valence-corrected chi connectivity index (χ2v) is 9.56. The molecule has 11 nitrogen and oxygen atoms in total. The summed E-state index contributed by atoms with van der Waals surface area (Å²) < 4.78 is 10.5. The van der Waals surface area contributed by atoms with E-state index in [0.29, 0.717) is 54.5 Å². The van der Waals surface area contributed by atoms with Crippen LogP contribution >= 0.6 is 15.9 Å². The van der Waals surface area contributed by atoms with Crippen molar-refractivity contribution in [2.24, 2.45) is 10.2 Å². The minimum atomic E-state index is -0.465. The van der Waals surface area contributed by atoms with Crippen molar-refractivity contribution in [1.82, 2.24) is 9.88 Å². The Kier molecular flexibility index (Phi) is 10.6. The molecule has 2 aromatic rings. The maximum Gasteiger partial charge on any atom is 0.262 e. The molecule has 1 N–H and O–H groups in total. The first kappa shape index (κ1) is 29.8. The number of nitrogens with one attached hydrogen (secondary N) is 1. The fourth-order valence-corrected chi connectivity index (χ4v) is 4.93. The van der Waals surface area contributed by atoms with Crippen LogP contribution in [0.2, 0.25) is 0 Å². The summed E-state index contributed by atoms with van der Waals surface area (Å²) in [5.74, 6) is -0.471. The van der Waals surface area contributed by atoms with E-state index in [4.69, 9.17) is 14.5 Å². The van der Waals surface area contributed by atoms with Gasteiger partial charge in [0.2, 0.25) is 0 Å². The number of amides is 2. The summed E-state index contributed by atoms with van der Waals surface area (Å²) in [5.41, 5.74) is 2.49. The van der Waals surface area contributed by atoms with Gasteiger partial charge in [0, 0.05) is 40.5 Å². The molecule has 2 heterocycles. The molecule has 12 heteroatoms. The second-order valence-electron chi connectivity index (χ2n) is 8.77. The molecule has 0 fully saturated rings. The lowest BCUT2D eigenvalue weighted by molar-refractivity contribution is 0.0662. The first-order valence-corrected chi connectivity index (χ1v) is 13.3. The SMILES string of the molecule is CCN1C(=O)c2cc(C#N)c(N=Nc3c(NCCCOC)nc(CCCCOC)c(C#N)c3C)c(Br)c2C1=O. The minimum absolute atomic E-state index is 0.0824. The number of nitriles is 2. The summed E-state index contributed by atoms with van der Waals surface area (Å²) in [4.78, 5) is 31.4. The van der Waals surface area contributed by atoms with E-state index in [0.717, 1.165) is 24.2 Å². The number of halogens is 1. The molecule has 1 aliphatic rings. The number of carbonyl (C=O) groups excluding carboxylic acids is 2. The molecular weight excluding hydrogens is 566 g/mol. The molecule has 0 saturated carbocycles. The Labute approximate surface area is 236 Å². The quantitative estimate of drug-likeness (QED) is 0.185. The lowest BCUT2D eigenvalue weighted by Crippen LogP contribution is -2.29. The van der Waals surface area contributed by atoms with Crippen LogP contribution in [-0.2, 0) is 15.9 Å². The number of aromatic nitrogens is 1. The number of unbranched alkanes of at least 4 members (excludes halogenated alkanes) is 1. The number of hydrogen-bond acceptors (Lipinski definition) is 10. The van der Waals surface area contributed by atoms with Gasteiger partial charge in [-0.05, 0) is 67.1 Å². The number of carbonyl (C=O) groups is 2. The Hall–Kier alpha value is -3.71. The zero-order valence-electron chi connectivity index (χ0n) is 22.4. The molecule has 1 aliphatic heterocycles. The maximum absolute atomic E-state index is 12.9. The highest BCUT2D eigenvalue weighted by Gasteiger charge is 2.38. The zero-order chi connectivity index (χ0) is 28.5. The normalized spacial score (nSPS) is 12.6. The number of anilines is 1. The number of methoxy groups -OCH3 is 2. The number of azo groups is 1. The predicted molar refractivity (Wildman–Crippen MR) is 148 cm³/mol. The van der Waals surface area contributed by atoms with E-state index in [1.54, 1.807) is 28.1 Å². The molecule has 0 radical (unpaired) electrons. The second kappa shape index (κ2) is 13.9. The van der Waals surface area contributed by atoms with Gasteiger partial charge in [-0.2, -0.15) is 10.5 Å². The van der Waals surface area contributed by atoms with Gasteiger partial charge in [-0.25, -0.2) is 4.98 Å². The highest BCUT2D eigenvalue weighted by molar-refractivity contribution is 9.10. The van der Waals surface area contributed by atoms with Gasteiger partial charge in [0.1, 0.15) is 23.5 Å². The summed E-state index contributed by atoms with van der Waals surface area (Å²) in [7, 11) is 3.27. The number of pyridine rings is 1. The van der Waals surface area contributed by atoms with Gasteiger partial charge < -0.3 is 14.8 Å². The minimum Gasteiger partial charge on any atom is -0.385 e. The van der Waals surface area contributed by atoms with Crippen LogP contribution in [0.3, 0.4) is 0 Å². The number of benzene rings is 1. The van der Waals surface area contributed by atoms with Crippen LogP contribution in [0.1, 0.15) is 69.3 Å². The van der Waals surface area contributed by atoms with Gasteiger partial charge in [0.25, 0.3) is 11.8 Å². The van der Waals surface area contributed by atoms with Gasteiger partial charge in [-0.15, -0.1) is 10.2 Å². The molecule has 3 rings (SSSR count). The number of imide groups is 1. The number of hydrogen-bond donors (Lipinski definition) is 1. The molecule has 204 valence electrons. The van der Waals surface area contributed by atoms with Crippen molar-refractivity contribution in [3.8, 4) is 12.1 Å². The molecule has 0 saturated heterocycles. The van der Waals surface area contributed by atoms with E-state index in [1.165, 1.54) is 6.07 Å². The highest BCUT2D eigenvalue weighted by Crippen LogP contribution is 2.41. The van der Waals surface area contributed by atoms with E-state index in [2.05, 4.69) is 37.5 Å². The average Bonchev–Trinajstić information content (AvgIpc) is 3.17. The van der Waals surface area contributed by atoms with Crippen molar-refractivity contribution in [3.05, 3.63) is 44.1 Å². The first-order chi connectivity index (χ1) is 18.8. The van der Waals surface area contributed by atoms with E-state index < -0.39 is 11.8 Å². The fraction of sp³-hybridized carbons (Fsp3) is 0.444. The molecule has 0 aliphatic carbocycles. The van der Waals surface area contributed by atoms with Gasteiger partial charge in [0.15, 0.2) is 5.82 Å². The summed E-state index contributed by atoms with van der Waals surface area (Å²) in [5, 5.41) is 31.7. The van der Waals surface area contributed by atoms with Crippen LogP contribution < -0.4 is 5.32 Å². The van der Waals surface area contributed by atoms with E-state index >= 15 is 0 Å². The van der Waals surface area contributed by atoms with Crippen molar-refractivity contribution >= 4 is 44.9 Å². The summed E-state index contributed by atoms with van der Waals surface area (Å²) in [6.07, 6.45) is 2.94. The molecule has 1 aromatic carbocycles. The van der Waals surface area contributed by atoms with Crippen LogP contribution in [0.25, 0.3) is 0 Å². The van der Waals surface area contributed by atoms with Crippen molar-refractivity contribution < 1.29 is 19.1 Å². The number of rotatable bonds is 13. The van der Waals surface area contributed by atoms with E-state index in [9.17, 15) is 20.1 Å². The highest BCUT2D eigenvalue weighted by atomic mass is 79.9. The number of ether oxygens (including phenoxy) is 2. The number of nitrogens with zero attached hydrogens (tertiary/aromatic N) is 6. The zero-order valence-corrected chi connectivity index (χ0v) is 24.0. The monoisotopic (exact) mass is 595 g/mol. The van der Waals surface area contributed by atoms with Crippen LogP contribution in [0.5, 0.6) is 0 Å². The Balaban J connectivity index is 2.09. The van der Waals surface area contributed by atoms with Crippen molar-refractivity contribution in [3.63, 3.8) is 0 Å². The van der Waals surface area contributed by atoms with Gasteiger partial charge >= 0.3 is 0 Å². The molecular formula is C27H30BrN7O4. The van der Waals surface area contributed by atoms with Crippen LogP contribution in [0, 0.1) is 29.6 Å². The summed E-state index contributed by atoms with van der Waals surface area (Å²) in [6, 6.07) is 5.65. The largest absolute Gasteiger partial charge is 0.385 e. The van der Waals surface area contributed by atoms with Crippen molar-refractivity contribution in [2.75, 3.05) is 45.8 Å². The summed E-state index contributed by atoms with van der Waals surface area (Å²) >= 11 is 3.39. The first-order valence-electron chi connectivity index (χ1n) is 12.5. The van der Waals surface area contributed by atoms with Crippen LogP contribution in [0.4, 0.5) is 17.2 Å². The van der Waals surface area contributed by atoms with E-state index in [-0.39, 0.29) is 33.4 Å². The van der Waals surface area contributed by atoms with Gasteiger partial charge in [0.05, 0.1) is 32.4 Å². The Bertz CT molecular complexity index is 1380. The lowest BCUT2D eigenvalue weighted by atomic mass is 10.0.